The van der Waals surface area contributed by atoms with Crippen LogP contribution in [-0.4, -0.2) is 24.2 Å². The van der Waals surface area contributed by atoms with Crippen LogP contribution in [0, 0.1) is 12.8 Å². The predicted molar refractivity (Wildman–Crippen MR) is 96.5 cm³/mol. The van der Waals surface area contributed by atoms with E-state index in [1.807, 2.05) is 6.92 Å². The summed E-state index contributed by atoms with van der Waals surface area (Å²) in [4.78, 5) is 19.0. The van der Waals surface area contributed by atoms with Crippen molar-refractivity contribution in [3.8, 4) is 0 Å². The van der Waals surface area contributed by atoms with Gasteiger partial charge in [-0.05, 0) is 37.3 Å². The normalized spacial score (nSPS) is 21.4. The highest BCUT2D eigenvalue weighted by atomic mass is 32.1. The van der Waals surface area contributed by atoms with E-state index in [-0.39, 0.29) is 12.1 Å². The first-order valence-corrected chi connectivity index (χ1v) is 9.48. The minimum Gasteiger partial charge on any atom is -0.380 e. The SMILES string of the molecule is COCc1cc(C)nc2sc3c(c12)N[C@H](C1CCCCC1)NC3=O. The van der Waals surface area contributed by atoms with Crippen LogP contribution in [-0.2, 0) is 11.3 Å². The summed E-state index contributed by atoms with van der Waals surface area (Å²) >= 11 is 1.47. The maximum absolute atomic E-state index is 12.7. The summed E-state index contributed by atoms with van der Waals surface area (Å²) in [5.41, 5.74) is 3.01. The zero-order valence-corrected chi connectivity index (χ0v) is 15.0. The van der Waals surface area contributed by atoms with E-state index in [9.17, 15) is 4.79 Å². The molecule has 0 saturated heterocycles. The molecule has 5 nitrogen and oxygen atoms in total. The van der Waals surface area contributed by atoms with Gasteiger partial charge in [0.15, 0.2) is 0 Å². The second kappa shape index (κ2) is 6.33. The van der Waals surface area contributed by atoms with Gasteiger partial charge in [0.25, 0.3) is 5.91 Å². The van der Waals surface area contributed by atoms with Crippen LogP contribution in [0.5, 0.6) is 0 Å². The molecule has 2 N–H and O–H groups in total. The zero-order valence-electron chi connectivity index (χ0n) is 14.1. The highest BCUT2D eigenvalue weighted by molar-refractivity contribution is 7.21. The maximum atomic E-state index is 12.7. The van der Waals surface area contributed by atoms with Crippen molar-refractivity contribution in [2.45, 2.75) is 51.8 Å². The fourth-order valence-corrected chi connectivity index (χ4v) is 5.11. The highest BCUT2D eigenvalue weighted by Gasteiger charge is 2.33. The number of hydrogen-bond donors (Lipinski definition) is 2. The van der Waals surface area contributed by atoms with Gasteiger partial charge < -0.3 is 15.4 Å². The lowest BCUT2D eigenvalue weighted by atomic mass is 9.86. The first-order chi connectivity index (χ1) is 11.7. The minimum absolute atomic E-state index is 0.0276. The van der Waals surface area contributed by atoms with Crippen molar-refractivity contribution < 1.29 is 9.53 Å². The summed E-state index contributed by atoms with van der Waals surface area (Å²) in [5.74, 6) is 0.540. The number of carbonyl (C=O) groups is 1. The number of methoxy groups -OCH3 is 1. The van der Waals surface area contributed by atoms with Crippen molar-refractivity contribution in [2.75, 3.05) is 12.4 Å². The van der Waals surface area contributed by atoms with Crippen molar-refractivity contribution in [2.24, 2.45) is 5.92 Å². The number of thiophene rings is 1. The second-order valence-electron chi connectivity index (χ2n) is 6.84. The molecule has 0 unspecified atom stereocenters. The Morgan fingerprint density at radius 3 is 2.83 bits per heavy atom. The Bertz CT molecular complexity index is 780. The van der Waals surface area contributed by atoms with Gasteiger partial charge in [0, 0.05) is 18.2 Å². The number of rotatable bonds is 3. The van der Waals surface area contributed by atoms with Crippen LogP contribution in [0.15, 0.2) is 6.07 Å². The lowest BCUT2D eigenvalue weighted by Gasteiger charge is -2.34. The summed E-state index contributed by atoms with van der Waals surface area (Å²) in [7, 11) is 1.70. The van der Waals surface area contributed by atoms with Gasteiger partial charge in [-0.15, -0.1) is 11.3 Å². The Morgan fingerprint density at radius 1 is 1.29 bits per heavy atom. The Kier molecular flexibility index (Phi) is 4.18. The Morgan fingerprint density at radius 2 is 2.08 bits per heavy atom. The van der Waals surface area contributed by atoms with E-state index in [4.69, 9.17) is 4.74 Å². The largest absolute Gasteiger partial charge is 0.380 e. The van der Waals surface area contributed by atoms with E-state index >= 15 is 0 Å². The van der Waals surface area contributed by atoms with Crippen LogP contribution in [0.4, 0.5) is 5.69 Å². The van der Waals surface area contributed by atoms with Crippen molar-refractivity contribution in [1.29, 1.82) is 0 Å². The molecule has 0 bridgehead atoms. The van der Waals surface area contributed by atoms with E-state index in [0.29, 0.717) is 12.5 Å². The van der Waals surface area contributed by atoms with Gasteiger partial charge in [-0.3, -0.25) is 4.79 Å². The highest BCUT2D eigenvalue weighted by Crippen LogP contribution is 2.41. The molecule has 3 heterocycles. The topological polar surface area (TPSA) is 63.2 Å². The molecule has 1 amide bonds. The number of nitrogens with zero attached hydrogens (tertiary/aromatic N) is 1. The van der Waals surface area contributed by atoms with Gasteiger partial charge in [0.1, 0.15) is 15.9 Å². The Labute approximate surface area is 145 Å². The van der Waals surface area contributed by atoms with Gasteiger partial charge in [-0.1, -0.05) is 19.3 Å². The number of pyridine rings is 1. The fraction of sp³-hybridized carbons (Fsp3) is 0.556. The molecule has 2 aromatic heterocycles. The maximum Gasteiger partial charge on any atom is 0.265 e. The van der Waals surface area contributed by atoms with Gasteiger partial charge >= 0.3 is 0 Å². The molecule has 1 aliphatic heterocycles. The first-order valence-electron chi connectivity index (χ1n) is 8.66. The molecule has 24 heavy (non-hydrogen) atoms. The third kappa shape index (κ3) is 2.67. The van der Waals surface area contributed by atoms with Crippen molar-refractivity contribution in [1.82, 2.24) is 10.3 Å². The monoisotopic (exact) mass is 345 g/mol. The van der Waals surface area contributed by atoms with Gasteiger partial charge in [-0.25, -0.2) is 4.98 Å². The summed E-state index contributed by atoms with van der Waals surface area (Å²) in [6, 6.07) is 2.06. The lowest BCUT2D eigenvalue weighted by Crippen LogP contribution is -2.49. The molecular weight excluding hydrogens is 322 g/mol. The minimum atomic E-state index is 0.0276. The molecule has 1 saturated carbocycles. The quantitative estimate of drug-likeness (QED) is 0.888. The van der Waals surface area contributed by atoms with E-state index in [1.54, 1.807) is 7.11 Å². The standard InChI is InChI=1S/C18H23N3O2S/c1-10-8-12(9-23-2)13-14-15(24-18(13)19-10)17(22)21-16(20-14)11-6-4-3-5-7-11/h8,11,16,20H,3-7,9H2,1-2H3,(H,21,22)/t16-/m0/s1. The van der Waals surface area contributed by atoms with E-state index in [1.165, 1.54) is 43.4 Å². The van der Waals surface area contributed by atoms with E-state index in [2.05, 4.69) is 21.7 Å². The molecule has 1 atom stereocenters. The number of amides is 1. The zero-order chi connectivity index (χ0) is 16.7. The molecule has 0 radical (unpaired) electrons. The molecule has 4 rings (SSSR count). The number of nitrogens with one attached hydrogen (secondary N) is 2. The van der Waals surface area contributed by atoms with Gasteiger partial charge in [0.2, 0.25) is 0 Å². The molecule has 0 spiro atoms. The van der Waals surface area contributed by atoms with E-state index < -0.39 is 0 Å². The number of carbonyl (C=O) groups excluding carboxylic acids is 1. The molecule has 6 heteroatoms. The Hall–Kier alpha value is -1.66. The number of aryl methyl sites for hydroxylation is 1. The van der Waals surface area contributed by atoms with Gasteiger partial charge in [-0.2, -0.15) is 0 Å². The van der Waals surface area contributed by atoms with Crippen molar-refractivity contribution >= 4 is 33.1 Å². The van der Waals surface area contributed by atoms with Crippen LogP contribution in [0.1, 0.15) is 53.0 Å². The average Bonchev–Trinajstić information content (AvgIpc) is 2.95. The third-order valence-corrected chi connectivity index (χ3v) is 6.17. The van der Waals surface area contributed by atoms with Crippen LogP contribution >= 0.6 is 11.3 Å². The molecule has 1 aliphatic carbocycles. The van der Waals surface area contributed by atoms with Crippen molar-refractivity contribution in [3.05, 3.63) is 22.2 Å². The van der Waals surface area contributed by atoms with Crippen LogP contribution in [0.2, 0.25) is 0 Å². The number of aromatic nitrogens is 1. The lowest BCUT2D eigenvalue weighted by molar-refractivity contribution is 0.0918. The van der Waals surface area contributed by atoms with Crippen molar-refractivity contribution in [3.63, 3.8) is 0 Å². The summed E-state index contributed by atoms with van der Waals surface area (Å²) < 4.78 is 5.37. The molecule has 128 valence electrons. The van der Waals surface area contributed by atoms with Crippen LogP contribution in [0.3, 0.4) is 0 Å². The van der Waals surface area contributed by atoms with E-state index in [0.717, 1.165) is 32.0 Å². The molecular formula is C18H23N3O2S. The second-order valence-corrected chi connectivity index (χ2v) is 7.83. The molecule has 0 aromatic carbocycles. The summed E-state index contributed by atoms with van der Waals surface area (Å²) in [5, 5.41) is 7.85. The molecule has 2 aromatic rings. The van der Waals surface area contributed by atoms with Crippen LogP contribution in [0.25, 0.3) is 10.2 Å². The summed E-state index contributed by atoms with van der Waals surface area (Å²) in [6.45, 7) is 2.51. The average molecular weight is 345 g/mol. The van der Waals surface area contributed by atoms with Crippen LogP contribution < -0.4 is 10.6 Å². The fourth-order valence-electron chi connectivity index (χ4n) is 3.98. The number of fused-ring (bicyclic) bond motifs is 3. The van der Waals surface area contributed by atoms with Gasteiger partial charge in [0.05, 0.1) is 12.3 Å². The third-order valence-electron chi connectivity index (χ3n) is 5.09. The Balaban J connectivity index is 1.77. The number of ether oxygens (including phenoxy) is 1. The number of anilines is 1. The summed E-state index contributed by atoms with van der Waals surface area (Å²) in [6.07, 6.45) is 6.21. The molecule has 2 aliphatic rings. The smallest absolute Gasteiger partial charge is 0.265 e. The predicted octanol–water partition coefficient (Wildman–Crippen LogP) is 3.81. The number of hydrogen-bond acceptors (Lipinski definition) is 5. The molecule has 1 fully saturated rings. The first kappa shape index (κ1) is 15.8.